The average molecular weight is 198 g/mol. The van der Waals surface area contributed by atoms with Crippen molar-refractivity contribution >= 4 is 16.2 Å². The van der Waals surface area contributed by atoms with Crippen LogP contribution in [0, 0.1) is 0 Å². The molecule has 0 aromatic carbocycles. The smallest absolute Gasteiger partial charge is 0.405 e. The molecule has 0 bridgehead atoms. The molecule has 0 fully saturated rings. The predicted octanol–water partition coefficient (Wildman–Crippen LogP) is -1.48. The van der Waals surface area contributed by atoms with E-state index in [4.69, 9.17) is 4.55 Å². The number of hydrogen-bond acceptors (Lipinski definition) is 5. The molecule has 72 valence electrons. The molecule has 0 aromatic rings. The summed E-state index contributed by atoms with van der Waals surface area (Å²) < 4.78 is 33.4. The SMILES string of the molecule is CNCC(OC(N)=O)S(=O)(=O)O. The van der Waals surface area contributed by atoms with Crippen molar-refractivity contribution in [1.82, 2.24) is 5.32 Å². The summed E-state index contributed by atoms with van der Waals surface area (Å²) in [6.07, 6.45) is -1.26. The molecular weight excluding hydrogens is 188 g/mol. The summed E-state index contributed by atoms with van der Waals surface area (Å²) >= 11 is 0. The molecule has 12 heavy (non-hydrogen) atoms. The van der Waals surface area contributed by atoms with Crippen LogP contribution in [-0.2, 0) is 14.9 Å². The van der Waals surface area contributed by atoms with Crippen molar-refractivity contribution in [2.45, 2.75) is 5.44 Å². The van der Waals surface area contributed by atoms with E-state index in [1.165, 1.54) is 7.05 Å². The number of nitrogens with two attached hydrogens (primary N) is 1. The highest BCUT2D eigenvalue weighted by molar-refractivity contribution is 7.86. The van der Waals surface area contributed by atoms with Gasteiger partial charge < -0.3 is 15.8 Å². The highest BCUT2D eigenvalue weighted by Crippen LogP contribution is 1.98. The van der Waals surface area contributed by atoms with Gasteiger partial charge in [-0.3, -0.25) is 4.55 Å². The Morgan fingerprint density at radius 1 is 1.75 bits per heavy atom. The third-order valence-electron chi connectivity index (χ3n) is 0.951. The van der Waals surface area contributed by atoms with E-state index in [2.05, 4.69) is 15.8 Å². The van der Waals surface area contributed by atoms with Crippen molar-refractivity contribution in [2.24, 2.45) is 5.73 Å². The molecule has 0 aliphatic heterocycles. The zero-order valence-electron chi connectivity index (χ0n) is 6.35. The van der Waals surface area contributed by atoms with Crippen molar-refractivity contribution in [3.63, 3.8) is 0 Å². The number of likely N-dealkylation sites (N-methyl/N-ethyl adjacent to an activating group) is 1. The number of hydrogen-bond donors (Lipinski definition) is 3. The Labute approximate surface area is 69.6 Å². The second-order valence-corrected chi connectivity index (χ2v) is 3.49. The van der Waals surface area contributed by atoms with E-state index >= 15 is 0 Å². The summed E-state index contributed by atoms with van der Waals surface area (Å²) in [5.41, 5.74) is 2.90. The van der Waals surface area contributed by atoms with E-state index in [1.807, 2.05) is 0 Å². The summed E-state index contributed by atoms with van der Waals surface area (Å²) in [6, 6.07) is 0. The van der Waals surface area contributed by atoms with Gasteiger partial charge in [0.15, 0.2) is 0 Å². The van der Waals surface area contributed by atoms with E-state index in [0.29, 0.717) is 0 Å². The van der Waals surface area contributed by atoms with Crippen LogP contribution in [0.1, 0.15) is 0 Å². The molecule has 7 nitrogen and oxygen atoms in total. The van der Waals surface area contributed by atoms with Gasteiger partial charge in [-0.1, -0.05) is 0 Å². The molecule has 0 saturated carbocycles. The fourth-order valence-corrected chi connectivity index (χ4v) is 1.10. The van der Waals surface area contributed by atoms with E-state index in [0.717, 1.165) is 0 Å². The molecule has 0 aromatic heterocycles. The fraction of sp³-hybridized carbons (Fsp3) is 0.750. The lowest BCUT2D eigenvalue weighted by Gasteiger charge is -2.11. The Hall–Kier alpha value is -0.860. The van der Waals surface area contributed by atoms with Gasteiger partial charge in [-0.15, -0.1) is 0 Å². The predicted molar refractivity (Wildman–Crippen MR) is 39.9 cm³/mol. The van der Waals surface area contributed by atoms with Crippen molar-refractivity contribution in [3.8, 4) is 0 Å². The van der Waals surface area contributed by atoms with Gasteiger partial charge in [0.2, 0.25) is 5.44 Å². The van der Waals surface area contributed by atoms with Gasteiger partial charge in [-0.2, -0.15) is 8.42 Å². The first-order chi connectivity index (χ1) is 5.38. The molecule has 8 heteroatoms. The molecule has 0 radical (unpaired) electrons. The van der Waals surface area contributed by atoms with Gasteiger partial charge in [0.25, 0.3) is 0 Å². The number of rotatable bonds is 4. The standard InChI is InChI=1S/C4H10N2O5S/c1-6-2-3(11-4(5)7)12(8,9)10/h3,6H,2H2,1H3,(H2,5,7)(H,8,9,10). The second-order valence-electron chi connectivity index (χ2n) is 1.94. The number of amides is 1. The minimum atomic E-state index is -4.41. The summed E-state index contributed by atoms with van der Waals surface area (Å²) in [6.45, 7) is -0.220. The van der Waals surface area contributed by atoms with Crippen LogP contribution in [0.2, 0.25) is 0 Å². The Balaban J connectivity index is 4.34. The van der Waals surface area contributed by atoms with Crippen LogP contribution in [0.5, 0.6) is 0 Å². The molecule has 1 unspecified atom stereocenters. The van der Waals surface area contributed by atoms with E-state index < -0.39 is 21.6 Å². The number of carbonyl (C=O) groups excluding carboxylic acids is 1. The largest absolute Gasteiger partial charge is 0.426 e. The third kappa shape index (κ3) is 4.11. The molecule has 0 aliphatic rings. The average Bonchev–Trinajstić information content (AvgIpc) is 1.83. The van der Waals surface area contributed by atoms with Crippen LogP contribution in [0.25, 0.3) is 0 Å². The van der Waals surface area contributed by atoms with Crippen LogP contribution in [0.4, 0.5) is 4.79 Å². The van der Waals surface area contributed by atoms with Crippen molar-refractivity contribution in [3.05, 3.63) is 0 Å². The number of ether oxygens (including phenoxy) is 1. The van der Waals surface area contributed by atoms with Gasteiger partial charge >= 0.3 is 16.2 Å². The molecule has 0 aliphatic carbocycles. The monoisotopic (exact) mass is 198 g/mol. The van der Waals surface area contributed by atoms with Crippen LogP contribution >= 0.6 is 0 Å². The number of primary amides is 1. The fourth-order valence-electron chi connectivity index (χ4n) is 0.504. The van der Waals surface area contributed by atoms with E-state index in [9.17, 15) is 13.2 Å². The highest BCUT2D eigenvalue weighted by Gasteiger charge is 2.25. The lowest BCUT2D eigenvalue weighted by molar-refractivity contribution is 0.136. The Morgan fingerprint density at radius 2 is 2.25 bits per heavy atom. The maximum Gasteiger partial charge on any atom is 0.405 e. The normalized spacial score (nSPS) is 13.8. The molecule has 0 spiro atoms. The van der Waals surface area contributed by atoms with Gasteiger partial charge in [-0.25, -0.2) is 4.79 Å². The first kappa shape index (κ1) is 11.1. The molecule has 1 amide bonds. The van der Waals surface area contributed by atoms with E-state index in [-0.39, 0.29) is 6.54 Å². The maximum atomic E-state index is 10.4. The molecule has 0 heterocycles. The van der Waals surface area contributed by atoms with Crippen LogP contribution in [0.15, 0.2) is 0 Å². The van der Waals surface area contributed by atoms with Gasteiger partial charge in [0.05, 0.1) is 0 Å². The first-order valence-corrected chi connectivity index (χ1v) is 4.45. The third-order valence-corrected chi connectivity index (χ3v) is 1.88. The topological polar surface area (TPSA) is 119 Å². The zero-order valence-corrected chi connectivity index (χ0v) is 7.17. The second kappa shape index (κ2) is 4.24. The van der Waals surface area contributed by atoms with Crippen LogP contribution in [-0.4, -0.2) is 38.1 Å². The van der Waals surface area contributed by atoms with Crippen LogP contribution < -0.4 is 11.1 Å². The Morgan fingerprint density at radius 3 is 2.50 bits per heavy atom. The van der Waals surface area contributed by atoms with Gasteiger partial charge in [0, 0.05) is 6.54 Å². The summed E-state index contributed by atoms with van der Waals surface area (Å²) in [4.78, 5) is 10.1. The van der Waals surface area contributed by atoms with Crippen molar-refractivity contribution in [2.75, 3.05) is 13.6 Å². The van der Waals surface area contributed by atoms with Gasteiger partial charge in [0.1, 0.15) is 0 Å². The van der Waals surface area contributed by atoms with Crippen LogP contribution in [0.3, 0.4) is 0 Å². The molecule has 0 saturated heterocycles. The quantitative estimate of drug-likeness (QED) is 0.474. The first-order valence-electron chi connectivity index (χ1n) is 2.95. The highest BCUT2D eigenvalue weighted by atomic mass is 32.2. The van der Waals surface area contributed by atoms with Gasteiger partial charge in [-0.05, 0) is 7.05 Å². The maximum absolute atomic E-state index is 10.4. The Bertz CT molecular complexity index is 248. The Kier molecular flexibility index (Phi) is 3.93. The minimum absolute atomic E-state index is 0.220. The molecule has 0 rings (SSSR count). The molecular formula is C4H10N2O5S. The minimum Gasteiger partial charge on any atom is -0.426 e. The number of nitrogens with one attached hydrogen (secondary N) is 1. The lowest BCUT2D eigenvalue weighted by atomic mass is 10.7. The summed E-state index contributed by atoms with van der Waals surface area (Å²) in [5.74, 6) is 0. The number of carbonyl (C=O) groups is 1. The molecule has 1 atom stereocenters. The zero-order chi connectivity index (χ0) is 9.78. The van der Waals surface area contributed by atoms with Crippen molar-refractivity contribution < 1.29 is 22.5 Å². The molecule has 4 N–H and O–H groups in total. The summed E-state index contributed by atoms with van der Waals surface area (Å²) in [5, 5.41) is 2.41. The lowest BCUT2D eigenvalue weighted by Crippen LogP contribution is -2.37. The summed E-state index contributed by atoms with van der Waals surface area (Å²) in [7, 11) is -2.97. The van der Waals surface area contributed by atoms with E-state index in [1.54, 1.807) is 0 Å². The van der Waals surface area contributed by atoms with Crippen molar-refractivity contribution in [1.29, 1.82) is 0 Å².